The smallest absolute Gasteiger partial charge is 0.425 e. The van der Waals surface area contributed by atoms with Crippen molar-refractivity contribution in [2.45, 2.75) is 62.9 Å². The van der Waals surface area contributed by atoms with Gasteiger partial charge in [0.25, 0.3) is 0 Å². The Bertz CT molecular complexity index is 529. The van der Waals surface area contributed by atoms with Gasteiger partial charge in [-0.1, -0.05) is 64.7 Å². The lowest BCUT2D eigenvalue weighted by atomic mass is 9.78. The number of hydrogen-bond donors (Lipinski definition) is 1. The molecule has 0 heterocycles. The molecule has 126 valence electrons. The van der Waals surface area contributed by atoms with Crippen LogP contribution in [0.25, 0.3) is 0 Å². The Labute approximate surface area is 139 Å². The van der Waals surface area contributed by atoms with Crippen LogP contribution in [0.1, 0.15) is 58.2 Å². The van der Waals surface area contributed by atoms with Crippen molar-refractivity contribution in [2.24, 2.45) is 0 Å². The standard InChI is InChI=1S/C16H21Cl2F3O/c1-13(2,3)10-7-9(15(17,18)16(19,20)21)8-11(12(10)22)14(4,5)6/h7-8,22H,1-6H3. The van der Waals surface area contributed by atoms with Gasteiger partial charge in [0.15, 0.2) is 0 Å². The first-order valence-electron chi connectivity index (χ1n) is 6.82. The lowest BCUT2D eigenvalue weighted by molar-refractivity contribution is -0.143. The average Bonchev–Trinajstić information content (AvgIpc) is 2.23. The number of alkyl halides is 5. The van der Waals surface area contributed by atoms with Gasteiger partial charge in [0.05, 0.1) is 0 Å². The maximum absolute atomic E-state index is 13.1. The number of phenols is 1. The summed E-state index contributed by atoms with van der Waals surface area (Å²) in [7, 11) is 0. The molecule has 0 spiro atoms. The van der Waals surface area contributed by atoms with E-state index in [-0.39, 0.29) is 11.3 Å². The van der Waals surface area contributed by atoms with Crippen molar-refractivity contribution in [3.63, 3.8) is 0 Å². The van der Waals surface area contributed by atoms with Crippen molar-refractivity contribution in [1.29, 1.82) is 0 Å². The monoisotopic (exact) mass is 356 g/mol. The van der Waals surface area contributed by atoms with Gasteiger partial charge in [-0.25, -0.2) is 0 Å². The Kier molecular flexibility index (Phi) is 4.84. The predicted octanol–water partition coefficient (Wildman–Crippen LogP) is 6.18. The third kappa shape index (κ3) is 3.65. The van der Waals surface area contributed by atoms with Gasteiger partial charge < -0.3 is 5.11 Å². The van der Waals surface area contributed by atoms with E-state index in [0.29, 0.717) is 11.1 Å². The van der Waals surface area contributed by atoms with Crippen LogP contribution in [0.4, 0.5) is 13.2 Å². The molecule has 1 aromatic rings. The highest BCUT2D eigenvalue weighted by Gasteiger charge is 2.54. The van der Waals surface area contributed by atoms with Crippen molar-refractivity contribution < 1.29 is 18.3 Å². The van der Waals surface area contributed by atoms with Gasteiger partial charge in [-0.15, -0.1) is 0 Å². The van der Waals surface area contributed by atoms with Crippen molar-refractivity contribution in [1.82, 2.24) is 0 Å². The maximum Gasteiger partial charge on any atom is 0.425 e. The molecule has 0 atom stereocenters. The van der Waals surface area contributed by atoms with E-state index >= 15 is 0 Å². The Hall–Kier alpha value is -0.610. The molecule has 1 N–H and O–H groups in total. The van der Waals surface area contributed by atoms with Crippen LogP contribution >= 0.6 is 23.2 Å². The summed E-state index contributed by atoms with van der Waals surface area (Å²) in [6.45, 7) is 10.8. The van der Waals surface area contributed by atoms with Gasteiger partial charge >= 0.3 is 6.18 Å². The van der Waals surface area contributed by atoms with Crippen molar-refractivity contribution >= 4 is 23.2 Å². The zero-order valence-electron chi connectivity index (χ0n) is 13.5. The zero-order valence-corrected chi connectivity index (χ0v) is 15.0. The molecular formula is C16H21Cl2F3O. The minimum absolute atomic E-state index is 0.0185. The molecule has 0 radical (unpaired) electrons. The van der Waals surface area contributed by atoms with E-state index in [1.54, 1.807) is 41.5 Å². The van der Waals surface area contributed by atoms with Gasteiger partial charge in [0.2, 0.25) is 4.33 Å². The van der Waals surface area contributed by atoms with E-state index < -0.39 is 21.3 Å². The second-order valence-corrected chi connectivity index (χ2v) is 8.82. The molecule has 0 aromatic heterocycles. The topological polar surface area (TPSA) is 20.2 Å². The van der Waals surface area contributed by atoms with E-state index in [4.69, 9.17) is 23.2 Å². The highest BCUT2D eigenvalue weighted by molar-refractivity contribution is 6.48. The van der Waals surface area contributed by atoms with Crippen LogP contribution in [-0.2, 0) is 15.2 Å². The van der Waals surface area contributed by atoms with E-state index in [1.165, 1.54) is 12.1 Å². The molecule has 0 unspecified atom stereocenters. The Morgan fingerprint density at radius 3 is 1.36 bits per heavy atom. The summed E-state index contributed by atoms with van der Waals surface area (Å²) in [5.41, 5.74) is -0.642. The second-order valence-electron chi connectivity index (χ2n) is 7.49. The van der Waals surface area contributed by atoms with Crippen LogP contribution in [0.15, 0.2) is 12.1 Å². The molecule has 0 fully saturated rings. The number of aromatic hydroxyl groups is 1. The molecule has 0 amide bonds. The van der Waals surface area contributed by atoms with Crippen LogP contribution in [-0.4, -0.2) is 11.3 Å². The Morgan fingerprint density at radius 1 is 0.818 bits per heavy atom. The number of rotatable bonds is 1. The SMILES string of the molecule is CC(C)(C)c1cc(C(Cl)(Cl)C(F)(F)F)cc(C(C)(C)C)c1O. The third-order valence-corrected chi connectivity index (χ3v) is 4.31. The van der Waals surface area contributed by atoms with Crippen molar-refractivity contribution in [3.8, 4) is 5.75 Å². The molecule has 22 heavy (non-hydrogen) atoms. The van der Waals surface area contributed by atoms with Gasteiger partial charge in [-0.05, 0) is 39.7 Å². The number of benzene rings is 1. The zero-order chi connectivity index (χ0) is 17.7. The normalized spacial score (nSPS) is 14.3. The van der Waals surface area contributed by atoms with Crippen molar-refractivity contribution in [3.05, 3.63) is 28.8 Å². The summed E-state index contributed by atoms with van der Waals surface area (Å²) in [5.74, 6) is -0.0185. The van der Waals surface area contributed by atoms with E-state index in [2.05, 4.69) is 0 Å². The predicted molar refractivity (Wildman–Crippen MR) is 84.9 cm³/mol. The fourth-order valence-electron chi connectivity index (χ4n) is 2.12. The average molecular weight is 357 g/mol. The summed E-state index contributed by atoms with van der Waals surface area (Å²) in [4.78, 5) is 0. The van der Waals surface area contributed by atoms with Crippen molar-refractivity contribution in [2.75, 3.05) is 0 Å². The van der Waals surface area contributed by atoms with Gasteiger partial charge in [0.1, 0.15) is 5.75 Å². The summed E-state index contributed by atoms with van der Waals surface area (Å²) < 4.78 is 36.4. The van der Waals surface area contributed by atoms with E-state index in [9.17, 15) is 18.3 Å². The molecule has 1 rings (SSSR count). The van der Waals surface area contributed by atoms with Crippen LogP contribution in [0, 0.1) is 0 Å². The first-order chi connectivity index (χ1) is 9.49. The van der Waals surface area contributed by atoms with Crippen LogP contribution in [0.5, 0.6) is 5.75 Å². The fourth-order valence-corrected chi connectivity index (χ4v) is 2.34. The van der Waals surface area contributed by atoms with Gasteiger partial charge in [0, 0.05) is 0 Å². The highest BCUT2D eigenvalue weighted by atomic mass is 35.5. The molecule has 0 bridgehead atoms. The third-order valence-electron chi connectivity index (χ3n) is 3.44. The molecule has 0 aliphatic heterocycles. The fraction of sp³-hybridized carbons (Fsp3) is 0.625. The molecule has 0 aliphatic rings. The lowest BCUT2D eigenvalue weighted by Crippen LogP contribution is -2.32. The Balaban J connectivity index is 3.77. The van der Waals surface area contributed by atoms with E-state index in [1.807, 2.05) is 0 Å². The summed E-state index contributed by atoms with van der Waals surface area (Å²) in [5, 5.41) is 10.5. The largest absolute Gasteiger partial charge is 0.507 e. The first-order valence-corrected chi connectivity index (χ1v) is 7.58. The first kappa shape index (κ1) is 19.4. The van der Waals surface area contributed by atoms with Crippen LogP contribution in [0.2, 0.25) is 0 Å². The number of halogens is 5. The summed E-state index contributed by atoms with van der Waals surface area (Å²) >= 11 is 11.2. The molecule has 0 aliphatic carbocycles. The lowest BCUT2D eigenvalue weighted by Gasteiger charge is -2.31. The maximum atomic E-state index is 13.1. The van der Waals surface area contributed by atoms with E-state index in [0.717, 1.165) is 0 Å². The van der Waals surface area contributed by atoms with Crippen LogP contribution in [0.3, 0.4) is 0 Å². The van der Waals surface area contributed by atoms with Gasteiger partial charge in [-0.2, -0.15) is 13.2 Å². The molecule has 0 saturated heterocycles. The molecule has 1 aromatic carbocycles. The molecule has 1 nitrogen and oxygen atoms in total. The summed E-state index contributed by atoms with van der Waals surface area (Å²) in [6, 6.07) is 2.47. The second kappa shape index (κ2) is 5.48. The minimum atomic E-state index is -4.82. The number of phenolic OH excluding ortho intramolecular Hbond substituents is 1. The molecular weight excluding hydrogens is 336 g/mol. The Morgan fingerprint density at radius 2 is 1.14 bits per heavy atom. The molecule has 0 saturated carbocycles. The van der Waals surface area contributed by atoms with Crippen LogP contribution < -0.4 is 0 Å². The van der Waals surface area contributed by atoms with Gasteiger partial charge in [-0.3, -0.25) is 0 Å². The quantitative estimate of drug-likeness (QED) is 0.595. The summed E-state index contributed by atoms with van der Waals surface area (Å²) in [6.07, 6.45) is -4.82. The number of hydrogen-bond acceptors (Lipinski definition) is 1. The molecule has 6 heteroatoms. The highest BCUT2D eigenvalue weighted by Crippen LogP contribution is 2.51. The minimum Gasteiger partial charge on any atom is -0.507 e.